The number of carbonyl (C=O) groups is 1. The van der Waals surface area contributed by atoms with Crippen LogP contribution in [-0.4, -0.2) is 41.5 Å². The van der Waals surface area contributed by atoms with Gasteiger partial charge >= 0.3 is 0 Å². The number of hydrogen-bond acceptors (Lipinski definition) is 5. The van der Waals surface area contributed by atoms with Gasteiger partial charge in [0.15, 0.2) is 5.13 Å². The van der Waals surface area contributed by atoms with Crippen LogP contribution in [0.2, 0.25) is 0 Å². The van der Waals surface area contributed by atoms with Crippen molar-refractivity contribution in [2.45, 2.75) is 43.3 Å². The van der Waals surface area contributed by atoms with Crippen LogP contribution in [0.15, 0.2) is 23.1 Å². The third kappa shape index (κ3) is 4.78. The van der Waals surface area contributed by atoms with Gasteiger partial charge in [-0.05, 0) is 38.0 Å². The van der Waals surface area contributed by atoms with Gasteiger partial charge in [0.05, 0.1) is 19.9 Å². The predicted molar refractivity (Wildman–Crippen MR) is 106 cm³/mol. The Labute approximate surface area is 160 Å². The molecule has 0 radical (unpaired) electrons. The van der Waals surface area contributed by atoms with Gasteiger partial charge in [0, 0.05) is 13.1 Å². The molecule has 0 saturated heterocycles. The van der Waals surface area contributed by atoms with E-state index in [1.165, 1.54) is 15.6 Å². The lowest BCUT2D eigenvalue weighted by Gasteiger charge is -2.20. The molecule has 25 heavy (non-hydrogen) atoms. The highest BCUT2D eigenvalue weighted by Gasteiger charge is 2.24. The van der Waals surface area contributed by atoms with Crippen LogP contribution in [0, 0.1) is 0 Å². The fourth-order valence-corrected chi connectivity index (χ4v) is 5.07. The van der Waals surface area contributed by atoms with Crippen molar-refractivity contribution >= 4 is 58.5 Å². The number of fused-ring (bicyclic) bond motifs is 1. The summed E-state index contributed by atoms with van der Waals surface area (Å²) < 4.78 is 28.0. The van der Waals surface area contributed by atoms with E-state index in [9.17, 15) is 13.2 Å². The van der Waals surface area contributed by atoms with Gasteiger partial charge in [-0.25, -0.2) is 13.4 Å². The molecule has 0 fully saturated rings. The van der Waals surface area contributed by atoms with E-state index >= 15 is 0 Å². The third-order valence-electron chi connectivity index (χ3n) is 3.54. The standard InChI is InChI=1S/C16H22BrN3O3S2/c1-4-8-20(9-5-2)25(22,23)12-6-7-13-14(10-12)24-16(18-13)19-15(21)11(3)17/h6-7,10-11H,4-5,8-9H2,1-3H3,(H,18,19,21). The first-order valence-electron chi connectivity index (χ1n) is 8.15. The highest BCUT2D eigenvalue weighted by atomic mass is 79.9. The predicted octanol–water partition coefficient (Wildman–Crippen LogP) is 3.83. The number of carbonyl (C=O) groups excluding carboxylic acids is 1. The number of rotatable bonds is 8. The van der Waals surface area contributed by atoms with Crippen molar-refractivity contribution in [3.05, 3.63) is 18.2 Å². The van der Waals surface area contributed by atoms with Crippen LogP contribution in [0.1, 0.15) is 33.6 Å². The fraction of sp³-hybridized carbons (Fsp3) is 0.500. The Hall–Kier alpha value is -1.03. The molecule has 9 heteroatoms. The molecule has 0 saturated carbocycles. The molecule has 6 nitrogen and oxygen atoms in total. The maximum atomic E-state index is 12.9. The smallest absolute Gasteiger partial charge is 0.243 e. The molecule has 138 valence electrons. The van der Waals surface area contributed by atoms with E-state index < -0.39 is 10.0 Å². The Morgan fingerprint density at radius 2 is 1.96 bits per heavy atom. The Morgan fingerprint density at radius 3 is 2.52 bits per heavy atom. The maximum Gasteiger partial charge on any atom is 0.243 e. The van der Waals surface area contributed by atoms with Crippen LogP contribution in [0.5, 0.6) is 0 Å². The molecule has 1 aromatic heterocycles. The number of hydrogen-bond donors (Lipinski definition) is 1. The second-order valence-electron chi connectivity index (χ2n) is 5.66. The molecule has 1 unspecified atom stereocenters. The Balaban J connectivity index is 2.35. The van der Waals surface area contributed by atoms with Crippen molar-refractivity contribution in [1.82, 2.24) is 9.29 Å². The number of aromatic nitrogens is 1. The van der Waals surface area contributed by atoms with Crippen LogP contribution in [0.3, 0.4) is 0 Å². The number of nitrogens with zero attached hydrogens (tertiary/aromatic N) is 2. The second kappa shape index (κ2) is 8.57. The first-order chi connectivity index (χ1) is 11.8. The number of sulfonamides is 1. The van der Waals surface area contributed by atoms with Crippen molar-refractivity contribution in [3.8, 4) is 0 Å². The van der Waals surface area contributed by atoms with E-state index in [2.05, 4.69) is 26.2 Å². The molecule has 2 rings (SSSR count). The molecule has 1 heterocycles. The van der Waals surface area contributed by atoms with Gasteiger partial charge in [-0.2, -0.15) is 4.31 Å². The largest absolute Gasteiger partial charge is 0.301 e. The normalized spacial score (nSPS) is 13.3. The van der Waals surface area contributed by atoms with Crippen LogP contribution >= 0.6 is 27.3 Å². The number of thiazole rings is 1. The number of benzene rings is 1. The van der Waals surface area contributed by atoms with Crippen LogP contribution in [0.25, 0.3) is 10.2 Å². The first-order valence-corrected chi connectivity index (χ1v) is 11.3. The first kappa shape index (κ1) is 20.3. The number of alkyl halides is 1. The number of nitrogens with one attached hydrogen (secondary N) is 1. The van der Waals surface area contributed by atoms with Crippen LogP contribution < -0.4 is 5.32 Å². The summed E-state index contributed by atoms with van der Waals surface area (Å²) in [5.41, 5.74) is 0.666. The van der Waals surface area contributed by atoms with E-state index in [-0.39, 0.29) is 15.6 Å². The van der Waals surface area contributed by atoms with Gasteiger partial charge in [-0.1, -0.05) is 41.1 Å². The summed E-state index contributed by atoms with van der Waals surface area (Å²) in [6.07, 6.45) is 1.53. The van der Waals surface area contributed by atoms with Crippen molar-refractivity contribution in [2.24, 2.45) is 0 Å². The summed E-state index contributed by atoms with van der Waals surface area (Å²) in [7, 11) is -3.53. The third-order valence-corrected chi connectivity index (χ3v) is 6.78. The Bertz CT molecular complexity index is 843. The SMILES string of the molecule is CCCN(CCC)S(=O)(=O)c1ccc2nc(NC(=O)C(C)Br)sc2c1. The Morgan fingerprint density at radius 1 is 1.32 bits per heavy atom. The summed E-state index contributed by atoms with van der Waals surface area (Å²) >= 11 is 4.47. The highest BCUT2D eigenvalue weighted by molar-refractivity contribution is 9.10. The lowest BCUT2D eigenvalue weighted by molar-refractivity contribution is -0.115. The molecular formula is C16H22BrN3O3S2. The molecular weight excluding hydrogens is 426 g/mol. The monoisotopic (exact) mass is 447 g/mol. The van der Waals surface area contributed by atoms with E-state index in [0.717, 1.165) is 17.5 Å². The lowest BCUT2D eigenvalue weighted by atomic mass is 10.3. The maximum absolute atomic E-state index is 12.9. The molecule has 0 aliphatic rings. The minimum atomic E-state index is -3.53. The Kier molecular flexibility index (Phi) is 6.95. The molecule has 0 aliphatic heterocycles. The van der Waals surface area contributed by atoms with Gasteiger partial charge in [0.1, 0.15) is 0 Å². The van der Waals surface area contributed by atoms with E-state index in [4.69, 9.17) is 0 Å². The minimum Gasteiger partial charge on any atom is -0.301 e. The quantitative estimate of drug-likeness (QED) is 0.623. The van der Waals surface area contributed by atoms with E-state index in [1.54, 1.807) is 25.1 Å². The molecule has 0 spiro atoms. The summed E-state index contributed by atoms with van der Waals surface area (Å²) in [5, 5.41) is 3.17. The summed E-state index contributed by atoms with van der Waals surface area (Å²) in [5.74, 6) is -0.191. The molecule has 1 aromatic carbocycles. The van der Waals surface area contributed by atoms with Crippen molar-refractivity contribution < 1.29 is 13.2 Å². The number of halogens is 1. The topological polar surface area (TPSA) is 79.4 Å². The molecule has 0 aliphatic carbocycles. The molecule has 1 amide bonds. The fourth-order valence-electron chi connectivity index (χ4n) is 2.32. The zero-order valence-electron chi connectivity index (χ0n) is 14.5. The zero-order chi connectivity index (χ0) is 18.6. The summed E-state index contributed by atoms with van der Waals surface area (Å²) in [4.78, 5) is 16.0. The van der Waals surface area contributed by atoms with Crippen molar-refractivity contribution in [1.29, 1.82) is 0 Å². The molecule has 0 bridgehead atoms. The van der Waals surface area contributed by atoms with Gasteiger partial charge in [0.2, 0.25) is 15.9 Å². The second-order valence-corrected chi connectivity index (χ2v) is 10.00. The summed E-state index contributed by atoms with van der Waals surface area (Å²) in [6, 6.07) is 4.89. The van der Waals surface area contributed by atoms with E-state index in [1.807, 2.05) is 13.8 Å². The van der Waals surface area contributed by atoms with Crippen molar-refractivity contribution in [3.63, 3.8) is 0 Å². The molecule has 1 atom stereocenters. The average Bonchev–Trinajstić information content (AvgIpc) is 2.95. The van der Waals surface area contributed by atoms with Gasteiger partial charge in [0.25, 0.3) is 0 Å². The van der Waals surface area contributed by atoms with Gasteiger partial charge in [-0.15, -0.1) is 0 Å². The molecule has 2 aromatic rings. The highest BCUT2D eigenvalue weighted by Crippen LogP contribution is 2.29. The van der Waals surface area contributed by atoms with Crippen LogP contribution in [-0.2, 0) is 14.8 Å². The lowest BCUT2D eigenvalue weighted by Crippen LogP contribution is -2.32. The van der Waals surface area contributed by atoms with Crippen LogP contribution in [0.4, 0.5) is 5.13 Å². The zero-order valence-corrected chi connectivity index (χ0v) is 17.7. The van der Waals surface area contributed by atoms with Gasteiger partial charge in [-0.3, -0.25) is 4.79 Å². The summed E-state index contributed by atoms with van der Waals surface area (Å²) in [6.45, 7) is 6.65. The average molecular weight is 448 g/mol. The number of amides is 1. The van der Waals surface area contributed by atoms with E-state index in [0.29, 0.717) is 23.7 Å². The minimum absolute atomic E-state index is 0.191. The number of anilines is 1. The van der Waals surface area contributed by atoms with Crippen molar-refractivity contribution in [2.75, 3.05) is 18.4 Å². The van der Waals surface area contributed by atoms with Gasteiger partial charge < -0.3 is 5.32 Å². The molecule has 1 N–H and O–H groups in total.